The molecule has 3 heteroatoms. The first-order chi connectivity index (χ1) is 12.5. The van der Waals surface area contributed by atoms with Crippen molar-refractivity contribution in [2.45, 2.75) is 78.6 Å². The van der Waals surface area contributed by atoms with E-state index in [4.69, 9.17) is 0 Å². The van der Waals surface area contributed by atoms with Gasteiger partial charge in [-0.3, -0.25) is 0 Å². The van der Waals surface area contributed by atoms with Crippen LogP contribution in [-0.4, -0.2) is 0 Å². The van der Waals surface area contributed by atoms with Crippen molar-refractivity contribution in [3.8, 4) is 11.1 Å². The van der Waals surface area contributed by atoms with Crippen LogP contribution in [0.15, 0.2) is 36.4 Å². The molecule has 0 amide bonds. The fraction of sp³-hybridized carbons (Fsp3) is 0.444. The van der Waals surface area contributed by atoms with Crippen molar-refractivity contribution < 1.29 is 46.5 Å². The smallest absolute Gasteiger partial charge is 1.00 e. The van der Waals surface area contributed by atoms with Crippen LogP contribution in [0.4, 0.5) is 0 Å². The van der Waals surface area contributed by atoms with Crippen LogP contribution in [0.5, 0.6) is 0 Å². The summed E-state index contributed by atoms with van der Waals surface area (Å²) < 4.78 is 0. The molecule has 30 heavy (non-hydrogen) atoms. The van der Waals surface area contributed by atoms with Crippen LogP contribution in [0.2, 0.25) is 0 Å². The van der Waals surface area contributed by atoms with Gasteiger partial charge >= 0.3 is 21.7 Å². The summed E-state index contributed by atoms with van der Waals surface area (Å²) in [5, 5.41) is 2.86. The average molecular weight is 476 g/mol. The summed E-state index contributed by atoms with van der Waals surface area (Å²) in [6, 6.07) is 14.6. The van der Waals surface area contributed by atoms with Crippen LogP contribution in [0.1, 0.15) is 75.8 Å². The van der Waals surface area contributed by atoms with Gasteiger partial charge < -0.3 is 24.8 Å². The summed E-state index contributed by atoms with van der Waals surface area (Å²) in [6.45, 7) is 16.2. The van der Waals surface area contributed by atoms with E-state index in [0.29, 0.717) is 0 Å². The normalized spacial score (nSPS) is 13.3. The fourth-order valence-electron chi connectivity index (χ4n) is 4.54. The number of fused-ring (bicyclic) bond motifs is 2. The molecule has 0 N–H and O–H groups in total. The summed E-state index contributed by atoms with van der Waals surface area (Å²) >= 11 is 0. The number of benzene rings is 2. The minimum absolute atomic E-state index is 0. The molecule has 1 aliphatic rings. The molecule has 1 radical (unpaired) electrons. The van der Waals surface area contributed by atoms with Gasteiger partial charge in [0.05, 0.1) is 0 Å². The minimum atomic E-state index is 0. The quantitative estimate of drug-likeness (QED) is 0.370. The van der Waals surface area contributed by atoms with Crippen LogP contribution < -0.4 is 24.8 Å². The van der Waals surface area contributed by atoms with Gasteiger partial charge in [0.15, 0.2) is 0 Å². The van der Waals surface area contributed by atoms with E-state index in [2.05, 4.69) is 84.9 Å². The van der Waals surface area contributed by atoms with Gasteiger partial charge in [-0.2, -0.15) is 6.07 Å². The predicted octanol–water partition coefficient (Wildman–Crippen LogP) is 1.62. The third-order valence-corrected chi connectivity index (χ3v) is 6.18. The van der Waals surface area contributed by atoms with Gasteiger partial charge in [-0.25, -0.2) is 0 Å². The number of rotatable bonds is 1. The maximum absolute atomic E-state index is 2.46. The molecular formula is C27H33Cl2Ti. The zero-order chi connectivity index (χ0) is 19.6. The van der Waals surface area contributed by atoms with Gasteiger partial charge in [-0.05, 0) is 46.8 Å². The maximum atomic E-state index is 2.46. The second kappa shape index (κ2) is 9.46. The molecule has 0 atom stereocenters. The fourth-order valence-corrected chi connectivity index (χ4v) is 4.54. The van der Waals surface area contributed by atoms with Gasteiger partial charge in [0, 0.05) is 0 Å². The molecule has 0 fully saturated rings. The third kappa shape index (κ3) is 5.04. The Bertz CT molecular complexity index is 997. The maximum Gasteiger partial charge on any atom is 3.00 e. The zero-order valence-electron chi connectivity index (χ0n) is 19.3. The Hall–Kier alpha value is -0.656. The second-order valence-electron chi connectivity index (χ2n) is 10.6. The summed E-state index contributed by atoms with van der Waals surface area (Å²) in [4.78, 5) is 0. The first kappa shape index (κ1) is 27.4. The Morgan fingerprint density at radius 1 is 0.767 bits per heavy atom. The third-order valence-electron chi connectivity index (χ3n) is 6.18. The first-order valence-corrected chi connectivity index (χ1v) is 10.4. The predicted molar refractivity (Wildman–Crippen MR) is 119 cm³/mol. The van der Waals surface area contributed by atoms with E-state index in [1.54, 1.807) is 11.1 Å². The summed E-state index contributed by atoms with van der Waals surface area (Å²) in [5.41, 5.74) is 10.6. The molecule has 0 spiro atoms. The molecule has 0 aromatic heterocycles. The molecule has 0 saturated carbocycles. The van der Waals surface area contributed by atoms with Crippen molar-refractivity contribution in [3.63, 3.8) is 0 Å². The molecule has 0 bridgehead atoms. The van der Waals surface area contributed by atoms with Crippen LogP contribution in [0.3, 0.4) is 0 Å². The Balaban J connectivity index is 0.00000150. The van der Waals surface area contributed by atoms with Crippen molar-refractivity contribution in [2.24, 2.45) is 0 Å². The Morgan fingerprint density at radius 2 is 1.33 bits per heavy atom. The van der Waals surface area contributed by atoms with E-state index in [1.165, 1.54) is 57.9 Å². The van der Waals surface area contributed by atoms with Crippen LogP contribution >= 0.6 is 0 Å². The first-order valence-electron chi connectivity index (χ1n) is 10.4. The van der Waals surface area contributed by atoms with Crippen LogP contribution in [0.25, 0.3) is 21.9 Å². The van der Waals surface area contributed by atoms with Gasteiger partial charge in [-0.1, -0.05) is 83.4 Å². The Morgan fingerprint density at radius 3 is 1.87 bits per heavy atom. The molecule has 4 rings (SSSR count). The summed E-state index contributed by atoms with van der Waals surface area (Å²) in [7, 11) is 0. The second-order valence-corrected chi connectivity index (χ2v) is 10.6. The van der Waals surface area contributed by atoms with Crippen LogP contribution in [-0.2, 0) is 45.4 Å². The average Bonchev–Trinajstić information content (AvgIpc) is 3.15. The zero-order valence-corrected chi connectivity index (χ0v) is 22.4. The summed E-state index contributed by atoms with van der Waals surface area (Å²) in [5.74, 6) is 0. The van der Waals surface area contributed by atoms with E-state index in [1.807, 2.05) is 0 Å². The largest absolute Gasteiger partial charge is 3.00 e. The Labute approximate surface area is 210 Å². The SMILES string of the molecule is Cc1cc2c(-c3cc(C(C)(C)C)cc(C(C)(C)C)c3)c3c(cc2[cH-]1)CCC3.[Cl-].[Cl-].[Ti+3]. The molecule has 159 valence electrons. The molecule has 3 aromatic carbocycles. The van der Waals surface area contributed by atoms with Gasteiger partial charge in [0.1, 0.15) is 0 Å². The van der Waals surface area contributed by atoms with Gasteiger partial charge in [0.25, 0.3) is 0 Å². The molecule has 0 nitrogen and oxygen atoms in total. The molecule has 3 aromatic rings. The van der Waals surface area contributed by atoms with E-state index in [9.17, 15) is 0 Å². The standard InChI is InChI=1S/C27H33.2ClH.Ti/c1-17-11-19-13-18-9-8-10-23(18)25(24(19)12-17)20-14-21(26(2,3)4)16-22(15-20)27(5,6)7;;;/h11-16H,8-10H2,1-7H3;2*1H;/q-1;;;+3/p-2. The van der Waals surface area contributed by atoms with Crippen molar-refractivity contribution >= 4 is 10.8 Å². The number of hydrogen-bond donors (Lipinski definition) is 0. The van der Waals surface area contributed by atoms with Gasteiger partial charge in [-0.15, -0.1) is 28.5 Å². The monoisotopic (exact) mass is 475 g/mol. The molecule has 0 heterocycles. The Kier molecular flexibility index (Phi) is 8.63. The molecule has 1 aliphatic carbocycles. The van der Waals surface area contributed by atoms with E-state index < -0.39 is 0 Å². The van der Waals surface area contributed by atoms with E-state index >= 15 is 0 Å². The molecule has 0 unspecified atom stereocenters. The number of aryl methyl sites for hydroxylation is 2. The van der Waals surface area contributed by atoms with Crippen molar-refractivity contribution in [2.75, 3.05) is 0 Å². The number of hydrogen-bond acceptors (Lipinski definition) is 0. The van der Waals surface area contributed by atoms with E-state index in [-0.39, 0.29) is 57.4 Å². The van der Waals surface area contributed by atoms with Crippen molar-refractivity contribution in [1.29, 1.82) is 0 Å². The topological polar surface area (TPSA) is 0 Å². The van der Waals surface area contributed by atoms with Gasteiger partial charge in [0.2, 0.25) is 0 Å². The number of halogens is 2. The molecular weight excluding hydrogens is 443 g/mol. The minimum Gasteiger partial charge on any atom is -1.00 e. The van der Waals surface area contributed by atoms with Crippen LogP contribution in [0, 0.1) is 6.92 Å². The van der Waals surface area contributed by atoms with Crippen molar-refractivity contribution in [1.82, 2.24) is 0 Å². The summed E-state index contributed by atoms with van der Waals surface area (Å²) in [6.07, 6.45) is 3.74. The molecule has 0 saturated heterocycles. The van der Waals surface area contributed by atoms with E-state index in [0.717, 1.165) is 0 Å². The molecule has 0 aliphatic heterocycles. The van der Waals surface area contributed by atoms with Crippen molar-refractivity contribution in [3.05, 3.63) is 64.2 Å².